The van der Waals surface area contributed by atoms with Crippen LogP contribution in [0.3, 0.4) is 0 Å². The van der Waals surface area contributed by atoms with E-state index in [1.807, 2.05) is 24.3 Å². The van der Waals surface area contributed by atoms with Crippen LogP contribution in [0.4, 0.5) is 0 Å². The molecule has 3 rings (SSSR count). The average Bonchev–Trinajstić information content (AvgIpc) is 2.90. The van der Waals surface area contributed by atoms with Crippen molar-refractivity contribution in [2.75, 3.05) is 13.1 Å². The van der Waals surface area contributed by atoms with Crippen LogP contribution in [0.25, 0.3) is 0 Å². The lowest BCUT2D eigenvalue weighted by atomic mass is 9.95. The molecule has 2 heterocycles. The molecule has 1 aliphatic rings. The lowest BCUT2D eigenvalue weighted by Crippen LogP contribution is -2.32. The zero-order valence-corrected chi connectivity index (χ0v) is 13.0. The molecule has 0 unspecified atom stereocenters. The minimum atomic E-state index is -0.0589. The fraction of sp³-hybridized carbons (Fsp3) is 0.250. The van der Waals surface area contributed by atoms with E-state index in [0.29, 0.717) is 18.8 Å². The molecular formula is C16H16BrN3O. The van der Waals surface area contributed by atoms with Gasteiger partial charge in [0.1, 0.15) is 5.69 Å². The van der Waals surface area contributed by atoms with Crippen LogP contribution in [0.2, 0.25) is 0 Å². The zero-order chi connectivity index (χ0) is 14.8. The van der Waals surface area contributed by atoms with Gasteiger partial charge >= 0.3 is 0 Å². The van der Waals surface area contributed by atoms with Crippen LogP contribution in [0.1, 0.15) is 22.0 Å². The second-order valence-electron chi connectivity index (χ2n) is 5.25. The number of nitrogens with two attached hydrogens (primary N) is 1. The number of amides is 1. The van der Waals surface area contributed by atoms with Crippen molar-refractivity contribution >= 4 is 21.8 Å². The Bertz CT molecular complexity index is 630. The number of likely N-dealkylation sites (tertiary alicyclic amines) is 1. The van der Waals surface area contributed by atoms with Gasteiger partial charge in [-0.15, -0.1) is 0 Å². The summed E-state index contributed by atoms with van der Waals surface area (Å²) in [5, 5.41) is 0. The average molecular weight is 346 g/mol. The molecule has 1 amide bonds. The molecule has 1 aromatic heterocycles. The Balaban J connectivity index is 1.76. The van der Waals surface area contributed by atoms with E-state index in [-0.39, 0.29) is 17.9 Å². The molecule has 2 aromatic rings. The Morgan fingerprint density at radius 3 is 2.62 bits per heavy atom. The van der Waals surface area contributed by atoms with Gasteiger partial charge in [-0.25, -0.2) is 4.98 Å². The zero-order valence-electron chi connectivity index (χ0n) is 11.4. The van der Waals surface area contributed by atoms with Crippen molar-refractivity contribution in [2.24, 2.45) is 5.73 Å². The van der Waals surface area contributed by atoms with E-state index in [2.05, 4.69) is 33.0 Å². The molecule has 108 valence electrons. The number of carbonyl (C=O) groups excluding carboxylic acids is 1. The summed E-state index contributed by atoms with van der Waals surface area (Å²) in [4.78, 5) is 18.4. The third-order valence-corrected chi connectivity index (χ3v) is 4.30. The second-order valence-corrected chi connectivity index (χ2v) is 6.17. The molecule has 1 fully saturated rings. The first-order valence-electron chi connectivity index (χ1n) is 6.86. The summed E-state index contributed by atoms with van der Waals surface area (Å²) < 4.78 is 0.860. The van der Waals surface area contributed by atoms with E-state index in [9.17, 15) is 4.79 Å². The molecular weight excluding hydrogens is 330 g/mol. The maximum absolute atomic E-state index is 12.5. The number of carbonyl (C=O) groups is 1. The van der Waals surface area contributed by atoms with Crippen LogP contribution in [-0.4, -0.2) is 34.9 Å². The molecule has 4 nitrogen and oxygen atoms in total. The Hall–Kier alpha value is -1.72. The molecule has 21 heavy (non-hydrogen) atoms. The number of hydrogen-bond acceptors (Lipinski definition) is 3. The van der Waals surface area contributed by atoms with Gasteiger partial charge in [-0.1, -0.05) is 30.3 Å². The largest absolute Gasteiger partial charge is 0.335 e. The molecule has 0 saturated carbocycles. The number of rotatable bonds is 2. The van der Waals surface area contributed by atoms with Gasteiger partial charge in [0.25, 0.3) is 5.91 Å². The van der Waals surface area contributed by atoms with Crippen molar-refractivity contribution in [1.82, 2.24) is 9.88 Å². The van der Waals surface area contributed by atoms with Gasteiger partial charge in [0.15, 0.2) is 0 Å². The number of hydrogen-bond donors (Lipinski definition) is 1. The van der Waals surface area contributed by atoms with Crippen LogP contribution >= 0.6 is 15.9 Å². The van der Waals surface area contributed by atoms with Gasteiger partial charge in [-0.3, -0.25) is 4.79 Å². The number of pyridine rings is 1. The molecule has 2 N–H and O–H groups in total. The van der Waals surface area contributed by atoms with Gasteiger partial charge < -0.3 is 10.6 Å². The van der Waals surface area contributed by atoms with E-state index in [4.69, 9.17) is 5.73 Å². The molecule has 5 heteroatoms. The van der Waals surface area contributed by atoms with Gasteiger partial charge in [0, 0.05) is 35.7 Å². The highest BCUT2D eigenvalue weighted by Crippen LogP contribution is 2.27. The quantitative estimate of drug-likeness (QED) is 0.909. The van der Waals surface area contributed by atoms with Crippen LogP contribution in [0, 0.1) is 0 Å². The van der Waals surface area contributed by atoms with Crippen LogP contribution in [-0.2, 0) is 0 Å². The fourth-order valence-electron chi connectivity index (χ4n) is 2.71. The second kappa shape index (κ2) is 5.95. The molecule has 0 radical (unpaired) electrons. The first-order chi connectivity index (χ1) is 10.1. The van der Waals surface area contributed by atoms with Crippen molar-refractivity contribution in [1.29, 1.82) is 0 Å². The Morgan fingerprint density at radius 1 is 1.19 bits per heavy atom. The normalized spacial score (nSPS) is 21.5. The lowest BCUT2D eigenvalue weighted by molar-refractivity contribution is 0.0783. The maximum atomic E-state index is 12.5. The molecule has 0 aliphatic carbocycles. The summed E-state index contributed by atoms with van der Waals surface area (Å²) >= 11 is 3.32. The molecule has 1 aromatic carbocycles. The lowest BCUT2D eigenvalue weighted by Gasteiger charge is -2.16. The standard InChI is InChI=1S/C16H16BrN3O/c17-12-6-7-15(19-8-12)16(21)20-9-13(14(18)10-20)11-4-2-1-3-5-11/h1-8,13-14H,9-10,18H2/t13-,14+/m0/s1. The third kappa shape index (κ3) is 2.99. The van der Waals surface area contributed by atoms with Crippen LogP contribution in [0.5, 0.6) is 0 Å². The smallest absolute Gasteiger partial charge is 0.272 e. The van der Waals surface area contributed by atoms with Gasteiger partial charge in [-0.2, -0.15) is 0 Å². The highest BCUT2D eigenvalue weighted by Gasteiger charge is 2.34. The topological polar surface area (TPSA) is 59.2 Å². The molecule has 1 aliphatic heterocycles. The molecule has 0 spiro atoms. The number of benzene rings is 1. The summed E-state index contributed by atoms with van der Waals surface area (Å²) in [6.07, 6.45) is 1.64. The minimum absolute atomic E-state index is 0.0354. The first-order valence-corrected chi connectivity index (χ1v) is 7.66. The van der Waals surface area contributed by atoms with Crippen LogP contribution in [0.15, 0.2) is 53.1 Å². The maximum Gasteiger partial charge on any atom is 0.272 e. The summed E-state index contributed by atoms with van der Waals surface area (Å²) in [5.74, 6) is 0.127. The van der Waals surface area contributed by atoms with Crippen molar-refractivity contribution < 1.29 is 4.79 Å². The van der Waals surface area contributed by atoms with Crippen LogP contribution < -0.4 is 5.73 Å². The molecule has 2 atom stereocenters. The predicted molar refractivity (Wildman–Crippen MR) is 85.0 cm³/mol. The molecule has 1 saturated heterocycles. The summed E-state index contributed by atoms with van der Waals surface area (Å²) in [6, 6.07) is 13.6. The van der Waals surface area contributed by atoms with E-state index in [0.717, 1.165) is 4.47 Å². The number of halogens is 1. The Kier molecular flexibility index (Phi) is 4.03. The summed E-state index contributed by atoms with van der Waals surface area (Å²) in [7, 11) is 0. The van der Waals surface area contributed by atoms with E-state index >= 15 is 0 Å². The Morgan fingerprint density at radius 2 is 1.95 bits per heavy atom. The summed E-state index contributed by atoms with van der Waals surface area (Å²) in [6.45, 7) is 1.21. The van der Waals surface area contributed by atoms with Crippen molar-refractivity contribution in [3.05, 3.63) is 64.4 Å². The first kappa shape index (κ1) is 14.2. The van der Waals surface area contributed by atoms with Crippen molar-refractivity contribution in [3.8, 4) is 0 Å². The van der Waals surface area contributed by atoms with Crippen molar-refractivity contribution in [3.63, 3.8) is 0 Å². The van der Waals surface area contributed by atoms with Crippen molar-refractivity contribution in [2.45, 2.75) is 12.0 Å². The van der Waals surface area contributed by atoms with E-state index in [1.165, 1.54) is 5.56 Å². The molecule has 0 bridgehead atoms. The van der Waals surface area contributed by atoms with Gasteiger partial charge in [0.2, 0.25) is 0 Å². The third-order valence-electron chi connectivity index (χ3n) is 3.83. The minimum Gasteiger partial charge on any atom is -0.335 e. The predicted octanol–water partition coefficient (Wildman–Crippen LogP) is 2.41. The fourth-order valence-corrected chi connectivity index (χ4v) is 2.95. The SMILES string of the molecule is N[C@@H]1CN(C(=O)c2ccc(Br)cn2)C[C@H]1c1ccccc1. The number of aromatic nitrogens is 1. The van der Waals surface area contributed by atoms with E-state index in [1.54, 1.807) is 17.2 Å². The number of nitrogens with zero attached hydrogens (tertiary/aromatic N) is 2. The highest BCUT2D eigenvalue weighted by atomic mass is 79.9. The Labute approximate surface area is 132 Å². The van der Waals surface area contributed by atoms with Gasteiger partial charge in [-0.05, 0) is 33.6 Å². The van der Waals surface area contributed by atoms with Gasteiger partial charge in [0.05, 0.1) is 0 Å². The van der Waals surface area contributed by atoms with E-state index < -0.39 is 0 Å². The summed E-state index contributed by atoms with van der Waals surface area (Å²) in [5.41, 5.74) is 7.86. The monoisotopic (exact) mass is 345 g/mol. The highest BCUT2D eigenvalue weighted by molar-refractivity contribution is 9.10.